The molecule has 2 N–H and O–H groups in total. The van der Waals surface area contributed by atoms with Gasteiger partial charge in [-0.2, -0.15) is 5.10 Å². The summed E-state index contributed by atoms with van der Waals surface area (Å²) in [6.07, 6.45) is 0.709. The van der Waals surface area contributed by atoms with Gasteiger partial charge in [0.15, 0.2) is 0 Å². The average Bonchev–Trinajstić information content (AvgIpc) is 2.62. The van der Waals surface area contributed by atoms with E-state index in [9.17, 15) is 14.4 Å². The van der Waals surface area contributed by atoms with Gasteiger partial charge in [0, 0.05) is 37.3 Å². The molecule has 0 radical (unpaired) electrons. The van der Waals surface area contributed by atoms with Crippen LogP contribution in [0.1, 0.15) is 25.3 Å². The third-order valence-corrected chi connectivity index (χ3v) is 3.70. The van der Waals surface area contributed by atoms with Crippen molar-refractivity contribution in [1.29, 1.82) is 0 Å². The minimum atomic E-state index is -0.833. The zero-order chi connectivity index (χ0) is 18.2. The molecule has 0 unspecified atom stereocenters. The van der Waals surface area contributed by atoms with E-state index < -0.39 is 11.8 Å². The van der Waals surface area contributed by atoms with Crippen molar-refractivity contribution < 1.29 is 19.1 Å². The molecular formula is C17H22N4O4. The first kappa shape index (κ1) is 18.4. The summed E-state index contributed by atoms with van der Waals surface area (Å²) in [5, 5.41) is 6.48. The maximum atomic E-state index is 11.8. The van der Waals surface area contributed by atoms with Crippen LogP contribution in [0.4, 0.5) is 10.5 Å². The Morgan fingerprint density at radius 1 is 1.12 bits per heavy atom. The Labute approximate surface area is 146 Å². The average molecular weight is 346 g/mol. The van der Waals surface area contributed by atoms with Gasteiger partial charge < -0.3 is 15.0 Å². The van der Waals surface area contributed by atoms with Crippen molar-refractivity contribution in [2.24, 2.45) is 5.10 Å². The Morgan fingerprint density at radius 3 is 2.36 bits per heavy atom. The van der Waals surface area contributed by atoms with Crippen molar-refractivity contribution >= 4 is 29.3 Å². The van der Waals surface area contributed by atoms with E-state index in [1.807, 2.05) is 19.1 Å². The molecule has 1 aliphatic rings. The lowest BCUT2D eigenvalue weighted by molar-refractivity contribution is -0.136. The molecule has 1 aromatic rings. The van der Waals surface area contributed by atoms with Crippen LogP contribution in [-0.4, -0.2) is 48.2 Å². The zero-order valence-electron chi connectivity index (χ0n) is 14.4. The van der Waals surface area contributed by atoms with E-state index >= 15 is 0 Å². The topological polar surface area (TPSA) is 100 Å². The molecule has 3 amide bonds. The highest BCUT2D eigenvalue weighted by molar-refractivity contribution is 6.39. The molecule has 8 nitrogen and oxygen atoms in total. The van der Waals surface area contributed by atoms with E-state index in [1.165, 1.54) is 0 Å². The number of piperidine rings is 1. The maximum absolute atomic E-state index is 11.8. The molecule has 1 saturated heterocycles. The van der Waals surface area contributed by atoms with E-state index in [4.69, 9.17) is 4.74 Å². The number of anilines is 1. The van der Waals surface area contributed by atoms with Crippen LogP contribution in [0.2, 0.25) is 0 Å². The number of ether oxygens (including phenoxy) is 1. The molecule has 134 valence electrons. The van der Waals surface area contributed by atoms with Crippen molar-refractivity contribution in [2.45, 2.75) is 26.7 Å². The van der Waals surface area contributed by atoms with Gasteiger partial charge in [0.1, 0.15) is 0 Å². The summed E-state index contributed by atoms with van der Waals surface area (Å²) in [7, 11) is 0. The number of nitrogens with zero attached hydrogens (tertiary/aromatic N) is 2. The lowest BCUT2D eigenvalue weighted by atomic mass is 10.1. The summed E-state index contributed by atoms with van der Waals surface area (Å²) in [5.74, 6) is -1.61. The van der Waals surface area contributed by atoms with Gasteiger partial charge in [-0.25, -0.2) is 10.2 Å². The number of hydrazone groups is 1. The fourth-order valence-electron chi connectivity index (χ4n) is 2.28. The Hall–Kier alpha value is -2.90. The minimum absolute atomic E-state index is 0.336. The third-order valence-electron chi connectivity index (χ3n) is 3.70. The van der Waals surface area contributed by atoms with Crippen molar-refractivity contribution in [1.82, 2.24) is 10.3 Å². The number of nitrogens with one attached hydrogen (secondary N) is 2. The number of rotatable bonds is 3. The molecule has 0 bridgehead atoms. The lowest BCUT2D eigenvalue weighted by Gasteiger charge is -2.26. The summed E-state index contributed by atoms with van der Waals surface area (Å²) in [4.78, 5) is 36.8. The molecule has 0 aromatic heterocycles. The number of hydrogen-bond acceptors (Lipinski definition) is 5. The van der Waals surface area contributed by atoms with E-state index in [1.54, 1.807) is 24.0 Å². The highest BCUT2D eigenvalue weighted by atomic mass is 16.6. The van der Waals surface area contributed by atoms with Crippen LogP contribution < -0.4 is 10.7 Å². The largest absolute Gasteiger partial charge is 0.450 e. The molecule has 8 heteroatoms. The smallest absolute Gasteiger partial charge is 0.409 e. The second kappa shape index (κ2) is 8.81. The van der Waals surface area contributed by atoms with Gasteiger partial charge in [-0.15, -0.1) is 0 Å². The summed E-state index contributed by atoms with van der Waals surface area (Å²) in [6.45, 7) is 4.97. The Balaban J connectivity index is 1.79. The van der Waals surface area contributed by atoms with Gasteiger partial charge in [-0.1, -0.05) is 17.7 Å². The molecule has 0 saturated carbocycles. The summed E-state index contributed by atoms with van der Waals surface area (Å²) in [6, 6.07) is 7.12. The van der Waals surface area contributed by atoms with Crippen LogP contribution in [0.5, 0.6) is 0 Å². The van der Waals surface area contributed by atoms with E-state index in [-0.39, 0.29) is 6.09 Å². The van der Waals surface area contributed by atoms with E-state index in [2.05, 4.69) is 15.8 Å². The molecule has 0 atom stereocenters. The van der Waals surface area contributed by atoms with Crippen LogP contribution in [0.25, 0.3) is 0 Å². The first-order valence-corrected chi connectivity index (χ1v) is 8.14. The Morgan fingerprint density at radius 2 is 1.76 bits per heavy atom. The highest BCUT2D eigenvalue weighted by Crippen LogP contribution is 2.09. The highest BCUT2D eigenvalue weighted by Gasteiger charge is 2.21. The van der Waals surface area contributed by atoms with Crippen LogP contribution in [0, 0.1) is 6.92 Å². The van der Waals surface area contributed by atoms with Gasteiger partial charge in [0.25, 0.3) is 0 Å². The van der Waals surface area contributed by atoms with Crippen LogP contribution in [0.15, 0.2) is 29.4 Å². The summed E-state index contributed by atoms with van der Waals surface area (Å²) in [5.41, 5.74) is 4.59. The standard InChI is InChI=1S/C17H22N4O4/c1-3-25-17(24)21-10-8-14(9-11-21)19-20-16(23)15(22)18-13-6-4-12(2)5-7-13/h4-7H,3,8-11H2,1-2H3,(H,18,22)(H,20,23). The van der Waals surface area contributed by atoms with Crippen molar-refractivity contribution in [2.75, 3.05) is 25.0 Å². The van der Waals surface area contributed by atoms with E-state index in [0.29, 0.717) is 38.2 Å². The number of amides is 3. The Kier molecular flexibility index (Phi) is 6.50. The number of benzene rings is 1. The summed E-state index contributed by atoms with van der Waals surface area (Å²) < 4.78 is 4.93. The number of hydrogen-bond donors (Lipinski definition) is 2. The molecule has 25 heavy (non-hydrogen) atoms. The molecule has 1 heterocycles. The van der Waals surface area contributed by atoms with Crippen LogP contribution in [-0.2, 0) is 14.3 Å². The van der Waals surface area contributed by atoms with Crippen molar-refractivity contribution in [3.05, 3.63) is 29.8 Å². The SMILES string of the molecule is CCOC(=O)N1CCC(=NNC(=O)C(=O)Nc2ccc(C)cc2)CC1. The van der Waals surface area contributed by atoms with Crippen molar-refractivity contribution in [3.8, 4) is 0 Å². The van der Waals surface area contributed by atoms with E-state index in [0.717, 1.165) is 11.3 Å². The number of aryl methyl sites for hydroxylation is 1. The molecule has 1 aromatic carbocycles. The second-order valence-electron chi connectivity index (χ2n) is 5.63. The summed E-state index contributed by atoms with van der Waals surface area (Å²) >= 11 is 0. The fraction of sp³-hybridized carbons (Fsp3) is 0.412. The normalized spacial score (nSPS) is 13.8. The molecule has 0 aliphatic carbocycles. The van der Waals surface area contributed by atoms with Gasteiger partial charge in [-0.3, -0.25) is 9.59 Å². The fourth-order valence-corrected chi connectivity index (χ4v) is 2.28. The van der Waals surface area contributed by atoms with Crippen LogP contribution in [0.3, 0.4) is 0 Å². The zero-order valence-corrected chi connectivity index (χ0v) is 14.4. The molecule has 1 aliphatic heterocycles. The lowest BCUT2D eigenvalue weighted by Crippen LogP contribution is -2.40. The van der Waals surface area contributed by atoms with Gasteiger partial charge >= 0.3 is 17.9 Å². The number of carbonyl (C=O) groups is 3. The van der Waals surface area contributed by atoms with Gasteiger partial charge in [0.05, 0.1) is 6.61 Å². The second-order valence-corrected chi connectivity index (χ2v) is 5.63. The minimum Gasteiger partial charge on any atom is -0.450 e. The first-order chi connectivity index (χ1) is 12.0. The number of carbonyl (C=O) groups excluding carboxylic acids is 3. The van der Waals surface area contributed by atoms with Crippen LogP contribution >= 0.6 is 0 Å². The van der Waals surface area contributed by atoms with Gasteiger partial charge in [-0.05, 0) is 26.0 Å². The Bertz CT molecular complexity index is 660. The monoisotopic (exact) mass is 346 g/mol. The quantitative estimate of drug-likeness (QED) is 0.642. The molecule has 1 fully saturated rings. The predicted octanol–water partition coefficient (Wildman–Crippen LogP) is 1.66. The first-order valence-electron chi connectivity index (χ1n) is 8.14. The number of likely N-dealkylation sites (tertiary alicyclic amines) is 1. The predicted molar refractivity (Wildman–Crippen MR) is 93.2 cm³/mol. The molecular weight excluding hydrogens is 324 g/mol. The van der Waals surface area contributed by atoms with Crippen molar-refractivity contribution in [3.63, 3.8) is 0 Å². The molecule has 0 spiro atoms. The third kappa shape index (κ3) is 5.59. The maximum Gasteiger partial charge on any atom is 0.409 e. The molecule has 2 rings (SSSR count). The van der Waals surface area contributed by atoms with Gasteiger partial charge in [0.2, 0.25) is 0 Å².